The molecular formula is C18H21N5O2. The molecule has 0 saturated carbocycles. The molecule has 0 radical (unpaired) electrons. The highest BCUT2D eigenvalue weighted by Gasteiger charge is 2.30. The van der Waals surface area contributed by atoms with Crippen LogP contribution < -0.4 is 5.32 Å². The van der Waals surface area contributed by atoms with Gasteiger partial charge in [-0.1, -0.05) is 41.6 Å². The second kappa shape index (κ2) is 6.78. The van der Waals surface area contributed by atoms with Gasteiger partial charge in [0.25, 0.3) is 0 Å². The number of carboxylic acid groups (broad SMARTS) is 1. The van der Waals surface area contributed by atoms with Crippen molar-refractivity contribution >= 4 is 5.97 Å². The normalized spacial score (nSPS) is 23.4. The molecule has 7 heteroatoms. The van der Waals surface area contributed by atoms with Crippen molar-refractivity contribution in [3.8, 4) is 11.3 Å². The molecule has 1 fully saturated rings. The third kappa shape index (κ3) is 3.47. The summed E-state index contributed by atoms with van der Waals surface area (Å²) in [5, 5.41) is 20.5. The number of aliphatic carboxylic acids is 1. The van der Waals surface area contributed by atoms with Crippen LogP contribution in [0.4, 0.5) is 0 Å². The highest BCUT2D eigenvalue weighted by atomic mass is 16.4. The van der Waals surface area contributed by atoms with Crippen molar-refractivity contribution in [2.45, 2.75) is 25.0 Å². The second-order valence-corrected chi connectivity index (χ2v) is 6.63. The molecule has 7 nitrogen and oxygen atoms in total. The summed E-state index contributed by atoms with van der Waals surface area (Å²) in [6.45, 7) is 3.58. The third-order valence-electron chi connectivity index (χ3n) is 4.84. The summed E-state index contributed by atoms with van der Waals surface area (Å²) in [5.74, 6) is -0.813. The Kier molecular flexibility index (Phi) is 4.33. The fourth-order valence-corrected chi connectivity index (χ4v) is 3.38. The van der Waals surface area contributed by atoms with Crippen LogP contribution in [0.2, 0.25) is 0 Å². The number of nitrogens with zero attached hydrogens (tertiary/aromatic N) is 4. The van der Waals surface area contributed by atoms with Crippen molar-refractivity contribution in [2.24, 2.45) is 0 Å². The first-order chi connectivity index (χ1) is 12.2. The molecule has 0 unspecified atom stereocenters. The molecule has 3 heterocycles. The Hall–Kier alpha value is -2.51. The first-order valence-electron chi connectivity index (χ1n) is 8.54. The van der Waals surface area contributed by atoms with Crippen LogP contribution in [-0.4, -0.2) is 56.6 Å². The van der Waals surface area contributed by atoms with Crippen LogP contribution in [0.1, 0.15) is 18.0 Å². The molecule has 0 amide bonds. The van der Waals surface area contributed by atoms with Crippen molar-refractivity contribution in [1.82, 2.24) is 25.2 Å². The Labute approximate surface area is 145 Å². The van der Waals surface area contributed by atoms with E-state index in [1.807, 2.05) is 6.20 Å². The summed E-state index contributed by atoms with van der Waals surface area (Å²) >= 11 is 0. The van der Waals surface area contributed by atoms with Gasteiger partial charge in [-0.3, -0.25) is 9.69 Å². The Morgan fingerprint density at radius 2 is 2.00 bits per heavy atom. The third-order valence-corrected chi connectivity index (χ3v) is 4.84. The molecule has 0 spiro atoms. The van der Waals surface area contributed by atoms with E-state index in [4.69, 9.17) is 5.11 Å². The van der Waals surface area contributed by atoms with Gasteiger partial charge in [-0.2, -0.15) is 0 Å². The van der Waals surface area contributed by atoms with Crippen LogP contribution in [0.3, 0.4) is 0 Å². The molecule has 1 saturated heterocycles. The zero-order valence-electron chi connectivity index (χ0n) is 13.9. The molecular weight excluding hydrogens is 318 g/mol. The molecule has 130 valence electrons. The lowest BCUT2D eigenvalue weighted by Crippen LogP contribution is -2.29. The van der Waals surface area contributed by atoms with Gasteiger partial charge in [0.2, 0.25) is 0 Å². The molecule has 25 heavy (non-hydrogen) atoms. The molecule has 2 N–H and O–H groups in total. The van der Waals surface area contributed by atoms with Gasteiger partial charge in [0, 0.05) is 31.7 Å². The van der Waals surface area contributed by atoms with Crippen molar-refractivity contribution in [3.05, 3.63) is 48.2 Å². The summed E-state index contributed by atoms with van der Waals surface area (Å²) < 4.78 is 1.77. The van der Waals surface area contributed by atoms with E-state index in [2.05, 4.69) is 56.9 Å². The standard InChI is InChI=1S/C18H21N5O2/c24-18(25)16-9-15(10-19-16)23-12-17(20-21-23)14-5-3-13(4-6-14)11-22-7-1-2-8-22/h1-6,12,15-16,19H,7-11H2,(H,24,25)/t15-,16-/m0/s1. The van der Waals surface area contributed by atoms with E-state index in [0.717, 1.165) is 30.9 Å². The minimum atomic E-state index is -0.813. The minimum Gasteiger partial charge on any atom is -0.480 e. The Bertz CT molecular complexity index is 775. The Morgan fingerprint density at radius 1 is 1.24 bits per heavy atom. The molecule has 2 aliphatic heterocycles. The zero-order valence-corrected chi connectivity index (χ0v) is 13.9. The number of aromatic nitrogens is 3. The monoisotopic (exact) mass is 339 g/mol. The maximum absolute atomic E-state index is 11.0. The van der Waals surface area contributed by atoms with E-state index in [1.165, 1.54) is 5.56 Å². The predicted molar refractivity (Wildman–Crippen MR) is 93.0 cm³/mol. The largest absolute Gasteiger partial charge is 0.480 e. The average Bonchev–Trinajstić information content (AvgIpc) is 3.36. The molecule has 0 bridgehead atoms. The van der Waals surface area contributed by atoms with Gasteiger partial charge in [-0.25, -0.2) is 4.68 Å². The van der Waals surface area contributed by atoms with Crippen LogP contribution >= 0.6 is 0 Å². The highest BCUT2D eigenvalue weighted by Crippen LogP contribution is 2.23. The lowest BCUT2D eigenvalue weighted by Gasteiger charge is -2.14. The molecule has 2 atom stereocenters. The number of hydrogen-bond donors (Lipinski definition) is 2. The maximum atomic E-state index is 11.0. The molecule has 2 aromatic rings. The number of carbonyl (C=O) groups is 1. The molecule has 1 aromatic heterocycles. The van der Waals surface area contributed by atoms with Gasteiger partial charge in [-0.05, 0) is 12.0 Å². The van der Waals surface area contributed by atoms with E-state index in [1.54, 1.807) is 4.68 Å². The van der Waals surface area contributed by atoms with Crippen LogP contribution in [0, 0.1) is 0 Å². The summed E-state index contributed by atoms with van der Waals surface area (Å²) in [6.07, 6.45) is 6.82. The second-order valence-electron chi connectivity index (χ2n) is 6.63. The molecule has 1 aromatic carbocycles. The molecule has 2 aliphatic rings. The average molecular weight is 339 g/mol. The number of rotatable bonds is 5. The van der Waals surface area contributed by atoms with Crippen LogP contribution in [-0.2, 0) is 11.3 Å². The van der Waals surface area contributed by atoms with Crippen molar-refractivity contribution in [1.29, 1.82) is 0 Å². The minimum absolute atomic E-state index is 0.0317. The fourth-order valence-electron chi connectivity index (χ4n) is 3.38. The first-order valence-corrected chi connectivity index (χ1v) is 8.54. The fraction of sp³-hybridized carbons (Fsp3) is 0.389. The van der Waals surface area contributed by atoms with E-state index >= 15 is 0 Å². The van der Waals surface area contributed by atoms with Gasteiger partial charge in [0.05, 0.1) is 12.2 Å². The van der Waals surface area contributed by atoms with Gasteiger partial charge in [-0.15, -0.1) is 5.10 Å². The SMILES string of the molecule is O=C(O)[C@@H]1C[C@H](n2cc(-c3ccc(CN4CC=CC4)cc3)nn2)CN1. The topological polar surface area (TPSA) is 83.3 Å². The van der Waals surface area contributed by atoms with E-state index in [-0.39, 0.29) is 6.04 Å². The lowest BCUT2D eigenvalue weighted by molar-refractivity contribution is -0.139. The highest BCUT2D eigenvalue weighted by molar-refractivity contribution is 5.73. The van der Waals surface area contributed by atoms with Gasteiger partial charge >= 0.3 is 5.97 Å². The zero-order chi connectivity index (χ0) is 17.2. The van der Waals surface area contributed by atoms with Crippen molar-refractivity contribution in [3.63, 3.8) is 0 Å². The van der Waals surface area contributed by atoms with Gasteiger partial charge in [0.1, 0.15) is 11.7 Å². The van der Waals surface area contributed by atoms with Crippen LogP contribution in [0.5, 0.6) is 0 Å². The summed E-state index contributed by atoms with van der Waals surface area (Å²) in [4.78, 5) is 13.4. The predicted octanol–water partition coefficient (Wildman–Crippen LogP) is 1.30. The molecule has 4 rings (SSSR count). The lowest BCUT2D eigenvalue weighted by atomic mass is 10.1. The first kappa shape index (κ1) is 16.0. The number of carboxylic acids is 1. The Morgan fingerprint density at radius 3 is 2.68 bits per heavy atom. The number of hydrogen-bond acceptors (Lipinski definition) is 5. The quantitative estimate of drug-likeness (QED) is 0.799. The summed E-state index contributed by atoms with van der Waals surface area (Å²) in [5.41, 5.74) is 3.12. The van der Waals surface area contributed by atoms with E-state index in [9.17, 15) is 4.79 Å². The maximum Gasteiger partial charge on any atom is 0.320 e. The van der Waals surface area contributed by atoms with Gasteiger partial charge < -0.3 is 10.4 Å². The summed E-state index contributed by atoms with van der Waals surface area (Å²) in [7, 11) is 0. The molecule has 0 aliphatic carbocycles. The van der Waals surface area contributed by atoms with Crippen molar-refractivity contribution < 1.29 is 9.90 Å². The van der Waals surface area contributed by atoms with Crippen LogP contribution in [0.25, 0.3) is 11.3 Å². The van der Waals surface area contributed by atoms with Gasteiger partial charge in [0.15, 0.2) is 0 Å². The Balaban J connectivity index is 1.42. The summed E-state index contributed by atoms with van der Waals surface area (Å²) in [6, 6.07) is 7.93. The van der Waals surface area contributed by atoms with Crippen molar-refractivity contribution in [2.75, 3.05) is 19.6 Å². The van der Waals surface area contributed by atoms with Crippen LogP contribution in [0.15, 0.2) is 42.6 Å². The number of benzene rings is 1. The smallest absolute Gasteiger partial charge is 0.320 e. The number of nitrogens with one attached hydrogen (secondary N) is 1. The van der Waals surface area contributed by atoms with E-state index < -0.39 is 12.0 Å². The van der Waals surface area contributed by atoms with E-state index in [0.29, 0.717) is 13.0 Å².